The van der Waals surface area contributed by atoms with E-state index in [4.69, 9.17) is 16.3 Å². The molecule has 7 nitrogen and oxygen atoms in total. The SMILES string of the molecule is CN(C(=O)c1ccc(C2CC2c2nc(Cl)nc3sccc23)cc1)C1CC2CCC(C1)N2C(=O)OC(C)(C)C. The smallest absolute Gasteiger partial charge is 0.410 e. The van der Waals surface area contributed by atoms with Crippen LogP contribution in [-0.2, 0) is 4.74 Å². The highest BCUT2D eigenvalue weighted by atomic mass is 35.5. The number of hydrogen-bond donors (Lipinski definition) is 0. The first-order chi connectivity index (χ1) is 18.1. The molecular formula is C29H33ClN4O3S. The van der Waals surface area contributed by atoms with Gasteiger partial charge in [0.2, 0.25) is 5.28 Å². The van der Waals surface area contributed by atoms with Gasteiger partial charge in [0, 0.05) is 42.0 Å². The molecule has 4 unspecified atom stereocenters. The molecule has 4 heterocycles. The van der Waals surface area contributed by atoms with Crippen molar-refractivity contribution >= 4 is 45.2 Å². The number of amides is 2. The van der Waals surface area contributed by atoms with Gasteiger partial charge < -0.3 is 14.5 Å². The maximum atomic E-state index is 13.4. The molecule has 2 saturated heterocycles. The zero-order chi connectivity index (χ0) is 26.8. The predicted molar refractivity (Wildman–Crippen MR) is 149 cm³/mol. The first-order valence-corrected chi connectivity index (χ1v) is 14.6. The molecule has 2 amide bonds. The molecule has 2 bridgehead atoms. The predicted octanol–water partition coefficient (Wildman–Crippen LogP) is 6.62. The number of aromatic nitrogens is 2. The van der Waals surface area contributed by atoms with Gasteiger partial charge in [-0.05, 0) is 99.5 Å². The Morgan fingerprint density at radius 1 is 1.03 bits per heavy atom. The second-order valence-electron chi connectivity index (χ2n) is 11.9. The van der Waals surface area contributed by atoms with Crippen LogP contribution in [0.15, 0.2) is 35.7 Å². The van der Waals surface area contributed by atoms with Crippen molar-refractivity contribution in [3.63, 3.8) is 0 Å². The van der Waals surface area contributed by atoms with E-state index >= 15 is 0 Å². The van der Waals surface area contributed by atoms with Gasteiger partial charge in [0.1, 0.15) is 10.4 Å². The van der Waals surface area contributed by atoms with Crippen molar-refractivity contribution in [3.8, 4) is 0 Å². The molecule has 0 spiro atoms. The maximum absolute atomic E-state index is 13.4. The van der Waals surface area contributed by atoms with Crippen LogP contribution < -0.4 is 0 Å². The number of benzene rings is 1. The highest BCUT2D eigenvalue weighted by Crippen LogP contribution is 2.55. The minimum Gasteiger partial charge on any atom is -0.444 e. The van der Waals surface area contributed by atoms with Gasteiger partial charge in [-0.2, -0.15) is 0 Å². The number of thiophene rings is 1. The van der Waals surface area contributed by atoms with Crippen molar-refractivity contribution in [2.24, 2.45) is 0 Å². The van der Waals surface area contributed by atoms with Gasteiger partial charge in [-0.3, -0.25) is 4.79 Å². The maximum Gasteiger partial charge on any atom is 0.410 e. The Kier molecular flexibility index (Phi) is 6.38. The zero-order valence-corrected chi connectivity index (χ0v) is 23.8. The molecule has 0 N–H and O–H groups in total. The Morgan fingerprint density at radius 3 is 2.37 bits per heavy atom. The monoisotopic (exact) mass is 552 g/mol. The summed E-state index contributed by atoms with van der Waals surface area (Å²) in [5.74, 6) is 0.725. The third kappa shape index (κ3) is 4.77. The van der Waals surface area contributed by atoms with E-state index in [2.05, 4.69) is 28.2 Å². The number of carbonyl (C=O) groups excluding carboxylic acids is 2. The molecule has 38 heavy (non-hydrogen) atoms. The number of rotatable bonds is 4. The summed E-state index contributed by atoms with van der Waals surface area (Å²) in [6, 6.07) is 10.5. The number of fused-ring (bicyclic) bond motifs is 3. The minimum absolute atomic E-state index is 0.0292. The van der Waals surface area contributed by atoms with Crippen LogP contribution in [0.4, 0.5) is 4.79 Å². The highest BCUT2D eigenvalue weighted by Gasteiger charge is 2.46. The molecular weight excluding hydrogens is 520 g/mol. The lowest BCUT2D eigenvalue weighted by Crippen LogP contribution is -2.53. The van der Waals surface area contributed by atoms with Crippen molar-refractivity contribution < 1.29 is 14.3 Å². The molecule has 200 valence electrons. The van der Waals surface area contributed by atoms with E-state index in [9.17, 15) is 9.59 Å². The first kappa shape index (κ1) is 25.6. The van der Waals surface area contributed by atoms with Gasteiger partial charge in [0.05, 0.1) is 5.69 Å². The number of carbonyl (C=O) groups is 2. The van der Waals surface area contributed by atoms with E-state index in [1.54, 1.807) is 11.3 Å². The van der Waals surface area contributed by atoms with Crippen molar-refractivity contribution in [2.75, 3.05) is 7.05 Å². The molecule has 9 heteroatoms. The summed E-state index contributed by atoms with van der Waals surface area (Å²) in [7, 11) is 1.89. The fourth-order valence-electron chi connectivity index (χ4n) is 6.32. The Bertz CT molecular complexity index is 1370. The van der Waals surface area contributed by atoms with Crippen LogP contribution in [0.25, 0.3) is 10.2 Å². The van der Waals surface area contributed by atoms with Crippen LogP contribution >= 0.6 is 22.9 Å². The molecule has 0 radical (unpaired) electrons. The van der Waals surface area contributed by atoms with E-state index in [0.717, 1.165) is 48.0 Å². The first-order valence-electron chi connectivity index (χ1n) is 13.4. The average Bonchev–Trinajstić information content (AvgIpc) is 3.44. The zero-order valence-electron chi connectivity index (χ0n) is 22.2. The third-order valence-corrected chi connectivity index (χ3v) is 9.21. The number of halogens is 1. The molecule has 4 atom stereocenters. The highest BCUT2D eigenvalue weighted by molar-refractivity contribution is 7.16. The molecule has 1 aromatic carbocycles. The van der Waals surface area contributed by atoms with Gasteiger partial charge in [0.15, 0.2) is 0 Å². The summed E-state index contributed by atoms with van der Waals surface area (Å²) >= 11 is 7.76. The van der Waals surface area contributed by atoms with Gasteiger partial charge in [0.25, 0.3) is 5.91 Å². The molecule has 3 aliphatic rings. The van der Waals surface area contributed by atoms with Gasteiger partial charge >= 0.3 is 6.09 Å². The second kappa shape index (κ2) is 9.49. The fourth-order valence-corrected chi connectivity index (χ4v) is 7.32. The third-order valence-electron chi connectivity index (χ3n) is 8.24. The topological polar surface area (TPSA) is 75.6 Å². The van der Waals surface area contributed by atoms with Crippen LogP contribution in [0.1, 0.15) is 86.3 Å². The normalized spacial score (nSPS) is 26.4. The quantitative estimate of drug-likeness (QED) is 0.340. The molecule has 2 aromatic heterocycles. The Balaban J connectivity index is 1.10. The van der Waals surface area contributed by atoms with Crippen molar-refractivity contribution in [2.45, 2.75) is 88.4 Å². The summed E-state index contributed by atoms with van der Waals surface area (Å²) < 4.78 is 5.66. The lowest BCUT2D eigenvalue weighted by Gasteiger charge is -2.42. The molecule has 1 aliphatic carbocycles. The van der Waals surface area contributed by atoms with Gasteiger partial charge in [-0.25, -0.2) is 14.8 Å². The lowest BCUT2D eigenvalue weighted by atomic mass is 9.95. The second-order valence-corrected chi connectivity index (χ2v) is 13.1. The Morgan fingerprint density at radius 2 is 1.71 bits per heavy atom. The summed E-state index contributed by atoms with van der Waals surface area (Å²) in [6.07, 6.45) is 4.31. The number of nitrogens with zero attached hydrogens (tertiary/aromatic N) is 4. The van der Waals surface area contributed by atoms with Crippen molar-refractivity contribution in [1.82, 2.24) is 19.8 Å². The van der Waals surface area contributed by atoms with E-state index in [1.807, 2.05) is 55.1 Å². The van der Waals surface area contributed by atoms with Crippen LogP contribution in [0.2, 0.25) is 5.28 Å². The summed E-state index contributed by atoms with van der Waals surface area (Å²) in [5.41, 5.74) is 2.43. The van der Waals surface area contributed by atoms with E-state index in [1.165, 1.54) is 5.56 Å². The van der Waals surface area contributed by atoms with Crippen molar-refractivity contribution in [3.05, 3.63) is 57.8 Å². The number of ether oxygens (including phenoxy) is 1. The minimum atomic E-state index is -0.509. The van der Waals surface area contributed by atoms with Crippen LogP contribution in [-0.4, -0.2) is 62.5 Å². The molecule has 6 rings (SSSR count). The van der Waals surface area contributed by atoms with Crippen LogP contribution in [0, 0.1) is 0 Å². The number of piperidine rings is 1. The van der Waals surface area contributed by atoms with Crippen LogP contribution in [0.5, 0.6) is 0 Å². The van der Waals surface area contributed by atoms with Gasteiger partial charge in [-0.1, -0.05) is 12.1 Å². The van der Waals surface area contributed by atoms with Gasteiger partial charge in [-0.15, -0.1) is 11.3 Å². The molecule has 3 aromatic rings. The largest absolute Gasteiger partial charge is 0.444 e. The standard InChI is InChI=1S/C29H33ClN4O3S/c1-29(2,3)37-28(36)34-18-9-10-19(34)14-20(13-18)33(4)26(35)17-7-5-16(6-8-17)22-15-23(22)24-21-11-12-38-25(21)32-27(30)31-24/h5-8,11-12,18-20,22-23H,9-10,13-15H2,1-4H3. The summed E-state index contributed by atoms with van der Waals surface area (Å²) in [4.78, 5) is 39.8. The van der Waals surface area contributed by atoms with E-state index < -0.39 is 5.60 Å². The Hall–Kier alpha value is -2.71. The van der Waals surface area contributed by atoms with Crippen LogP contribution in [0.3, 0.4) is 0 Å². The summed E-state index contributed by atoms with van der Waals surface area (Å²) in [5, 5.41) is 3.42. The molecule has 3 fully saturated rings. The van der Waals surface area contributed by atoms with E-state index in [0.29, 0.717) is 22.7 Å². The molecule has 2 aliphatic heterocycles. The fraction of sp³-hybridized carbons (Fsp3) is 0.517. The average molecular weight is 553 g/mol. The lowest BCUT2D eigenvalue weighted by molar-refractivity contribution is -0.00111. The molecule has 1 saturated carbocycles. The number of hydrogen-bond acceptors (Lipinski definition) is 6. The summed E-state index contributed by atoms with van der Waals surface area (Å²) in [6.45, 7) is 5.69. The van der Waals surface area contributed by atoms with Crippen molar-refractivity contribution in [1.29, 1.82) is 0 Å². The van der Waals surface area contributed by atoms with E-state index in [-0.39, 0.29) is 30.1 Å². The Labute approximate surface area is 232 Å².